The van der Waals surface area contributed by atoms with Crippen LogP contribution in [0.1, 0.15) is 31.2 Å². The quantitative estimate of drug-likeness (QED) is 0.509. The highest BCUT2D eigenvalue weighted by Gasteiger charge is 2.42. The number of ether oxygens (including phenoxy) is 1. The van der Waals surface area contributed by atoms with Crippen molar-refractivity contribution in [3.63, 3.8) is 0 Å². The number of carboxylic acids is 1. The van der Waals surface area contributed by atoms with Gasteiger partial charge in [-0.1, -0.05) is 12.1 Å². The van der Waals surface area contributed by atoms with E-state index in [-0.39, 0.29) is 31.4 Å². The molecule has 130 valence electrons. The Kier molecular flexibility index (Phi) is 5.64. The second kappa shape index (κ2) is 7.51. The zero-order valence-electron chi connectivity index (χ0n) is 12.8. The van der Waals surface area contributed by atoms with Crippen molar-refractivity contribution in [3.8, 4) is 5.75 Å². The maximum Gasteiger partial charge on any atom is 0.391 e. The lowest BCUT2D eigenvalue weighted by Gasteiger charge is -2.28. The van der Waals surface area contributed by atoms with Gasteiger partial charge in [0.2, 0.25) is 0 Å². The van der Waals surface area contributed by atoms with Crippen molar-refractivity contribution in [2.45, 2.75) is 31.9 Å². The molecule has 0 unspecified atom stereocenters. The molecule has 2 rings (SSSR count). The van der Waals surface area contributed by atoms with Crippen LogP contribution in [0.15, 0.2) is 30.3 Å². The largest absolute Gasteiger partial charge is 0.478 e. The molecule has 24 heavy (non-hydrogen) atoms. The molecule has 0 aromatic heterocycles. The van der Waals surface area contributed by atoms with Crippen molar-refractivity contribution >= 4 is 18.0 Å². The minimum Gasteiger partial charge on any atom is -0.478 e. The number of rotatable bonds is 4. The summed E-state index contributed by atoms with van der Waals surface area (Å²) < 4.78 is 43.0. The zero-order valence-corrected chi connectivity index (χ0v) is 12.8. The van der Waals surface area contributed by atoms with Gasteiger partial charge in [-0.25, -0.2) is 4.79 Å². The summed E-state index contributed by atoms with van der Waals surface area (Å²) in [6.45, 7) is 0. The number of halogens is 3. The summed E-state index contributed by atoms with van der Waals surface area (Å²) in [6.07, 6.45) is -1.59. The molecule has 0 atom stereocenters. The molecule has 0 amide bonds. The fourth-order valence-corrected chi connectivity index (χ4v) is 2.67. The molecule has 0 spiro atoms. The van der Waals surface area contributed by atoms with E-state index in [1.165, 1.54) is 18.2 Å². The molecule has 1 N–H and O–H groups in total. The summed E-state index contributed by atoms with van der Waals surface area (Å²) >= 11 is 0. The highest BCUT2D eigenvalue weighted by atomic mass is 19.4. The van der Waals surface area contributed by atoms with Crippen LogP contribution in [0, 0.1) is 11.8 Å². The van der Waals surface area contributed by atoms with E-state index in [0.717, 1.165) is 6.08 Å². The molecule has 1 aliphatic carbocycles. The number of carbonyl (C=O) groups excluding carboxylic acids is 1. The maximum atomic E-state index is 12.6. The average Bonchev–Trinajstić information content (AvgIpc) is 2.53. The van der Waals surface area contributed by atoms with Crippen LogP contribution in [-0.2, 0) is 9.59 Å². The van der Waals surface area contributed by atoms with E-state index >= 15 is 0 Å². The van der Waals surface area contributed by atoms with Crippen molar-refractivity contribution < 1.29 is 32.6 Å². The van der Waals surface area contributed by atoms with Crippen LogP contribution in [0.4, 0.5) is 13.2 Å². The molecule has 0 heterocycles. The summed E-state index contributed by atoms with van der Waals surface area (Å²) in [6, 6.07) is 6.20. The summed E-state index contributed by atoms with van der Waals surface area (Å²) in [4.78, 5) is 22.4. The van der Waals surface area contributed by atoms with Gasteiger partial charge in [-0.3, -0.25) is 4.79 Å². The first-order chi connectivity index (χ1) is 11.3. The first-order valence-electron chi connectivity index (χ1n) is 7.55. The van der Waals surface area contributed by atoms with Crippen LogP contribution in [0.3, 0.4) is 0 Å². The minimum absolute atomic E-state index is 0.0534. The number of carbonyl (C=O) groups is 2. The fourth-order valence-electron chi connectivity index (χ4n) is 2.67. The van der Waals surface area contributed by atoms with Gasteiger partial charge in [0.25, 0.3) is 0 Å². The Morgan fingerprint density at radius 2 is 1.67 bits per heavy atom. The third-order valence-electron chi connectivity index (χ3n) is 4.04. The van der Waals surface area contributed by atoms with Crippen molar-refractivity contribution in [1.29, 1.82) is 0 Å². The third kappa shape index (κ3) is 5.11. The molecule has 4 nitrogen and oxygen atoms in total. The first-order valence-corrected chi connectivity index (χ1v) is 7.55. The van der Waals surface area contributed by atoms with Gasteiger partial charge < -0.3 is 9.84 Å². The fraction of sp³-hybridized carbons (Fsp3) is 0.412. The number of hydrogen-bond donors (Lipinski definition) is 1. The molecular formula is C17H17F3O4. The van der Waals surface area contributed by atoms with E-state index in [9.17, 15) is 22.8 Å². The summed E-state index contributed by atoms with van der Waals surface area (Å²) in [7, 11) is 0. The maximum absolute atomic E-state index is 12.6. The van der Waals surface area contributed by atoms with Gasteiger partial charge >= 0.3 is 18.1 Å². The Balaban J connectivity index is 1.88. The molecular weight excluding hydrogens is 325 g/mol. The molecule has 0 bridgehead atoms. The van der Waals surface area contributed by atoms with E-state index in [4.69, 9.17) is 9.84 Å². The predicted molar refractivity (Wildman–Crippen MR) is 80.2 cm³/mol. The van der Waals surface area contributed by atoms with E-state index in [1.807, 2.05) is 0 Å². The standard InChI is InChI=1S/C17H17F3O4/c18-17(19,20)13-6-4-12(5-7-13)16(23)24-14-8-1-11(2-9-14)3-10-15(21)22/h1-3,8-10,12-13H,4-7H2,(H,21,22). The Labute approximate surface area is 136 Å². The molecule has 1 aromatic carbocycles. The molecule has 1 fully saturated rings. The van der Waals surface area contributed by atoms with Gasteiger partial charge in [0.05, 0.1) is 11.8 Å². The van der Waals surface area contributed by atoms with Gasteiger partial charge in [0.1, 0.15) is 5.75 Å². The highest BCUT2D eigenvalue weighted by molar-refractivity contribution is 5.85. The Morgan fingerprint density at radius 3 is 2.17 bits per heavy atom. The minimum atomic E-state index is -4.20. The molecule has 0 aliphatic heterocycles. The number of carboxylic acid groups (broad SMARTS) is 1. The molecule has 0 radical (unpaired) electrons. The lowest BCUT2D eigenvalue weighted by atomic mass is 9.82. The van der Waals surface area contributed by atoms with Crippen LogP contribution in [0.5, 0.6) is 5.75 Å². The monoisotopic (exact) mass is 342 g/mol. The lowest BCUT2D eigenvalue weighted by Crippen LogP contribution is -2.31. The van der Waals surface area contributed by atoms with Crippen LogP contribution in [0.2, 0.25) is 0 Å². The zero-order chi connectivity index (χ0) is 17.7. The summed E-state index contributed by atoms with van der Waals surface area (Å²) in [5.41, 5.74) is 0.628. The van der Waals surface area contributed by atoms with Crippen LogP contribution < -0.4 is 4.74 Å². The van der Waals surface area contributed by atoms with Crippen LogP contribution in [0.25, 0.3) is 6.08 Å². The topological polar surface area (TPSA) is 63.6 Å². The number of alkyl halides is 3. The van der Waals surface area contributed by atoms with E-state index in [0.29, 0.717) is 5.56 Å². The van der Waals surface area contributed by atoms with Crippen molar-refractivity contribution in [1.82, 2.24) is 0 Å². The second-order valence-corrected chi connectivity index (χ2v) is 5.75. The van der Waals surface area contributed by atoms with Gasteiger partial charge in [0, 0.05) is 6.08 Å². The van der Waals surface area contributed by atoms with Crippen LogP contribution in [-0.4, -0.2) is 23.2 Å². The molecule has 1 saturated carbocycles. The number of hydrogen-bond acceptors (Lipinski definition) is 3. The molecule has 1 aliphatic rings. The average molecular weight is 342 g/mol. The van der Waals surface area contributed by atoms with Gasteiger partial charge in [-0.15, -0.1) is 0 Å². The van der Waals surface area contributed by atoms with Crippen molar-refractivity contribution in [2.75, 3.05) is 0 Å². The Bertz CT molecular complexity index is 612. The Morgan fingerprint density at radius 1 is 1.08 bits per heavy atom. The summed E-state index contributed by atoms with van der Waals surface area (Å²) in [5.74, 6) is -3.16. The second-order valence-electron chi connectivity index (χ2n) is 5.75. The van der Waals surface area contributed by atoms with Gasteiger partial charge in [-0.2, -0.15) is 13.2 Å². The molecule has 0 saturated heterocycles. The van der Waals surface area contributed by atoms with Crippen LogP contribution >= 0.6 is 0 Å². The van der Waals surface area contributed by atoms with E-state index in [2.05, 4.69) is 0 Å². The predicted octanol–water partition coefficient (Wildman–Crippen LogP) is 4.06. The lowest BCUT2D eigenvalue weighted by molar-refractivity contribution is -0.185. The normalized spacial score (nSPS) is 21.6. The van der Waals surface area contributed by atoms with Gasteiger partial charge in [-0.05, 0) is 49.5 Å². The molecule has 1 aromatic rings. The number of aliphatic carboxylic acids is 1. The highest BCUT2D eigenvalue weighted by Crippen LogP contribution is 2.39. The third-order valence-corrected chi connectivity index (χ3v) is 4.04. The van der Waals surface area contributed by atoms with E-state index < -0.39 is 30.0 Å². The van der Waals surface area contributed by atoms with Crippen molar-refractivity contribution in [2.24, 2.45) is 11.8 Å². The van der Waals surface area contributed by atoms with Crippen molar-refractivity contribution in [3.05, 3.63) is 35.9 Å². The first kappa shape index (κ1) is 18.0. The number of benzene rings is 1. The summed E-state index contributed by atoms with van der Waals surface area (Å²) in [5, 5.41) is 8.53. The molecule has 7 heteroatoms. The number of esters is 1. The van der Waals surface area contributed by atoms with Gasteiger partial charge in [0.15, 0.2) is 0 Å². The van der Waals surface area contributed by atoms with E-state index in [1.54, 1.807) is 12.1 Å². The Hall–Kier alpha value is -2.31. The SMILES string of the molecule is O=C(O)C=Cc1ccc(OC(=O)C2CCC(C(F)(F)F)CC2)cc1. The smallest absolute Gasteiger partial charge is 0.391 e.